The molecular formula is C13H18N4O3. The molecule has 0 bridgehead atoms. The number of amides is 1. The van der Waals surface area contributed by atoms with Gasteiger partial charge in [-0.05, 0) is 24.8 Å². The van der Waals surface area contributed by atoms with Crippen LogP contribution in [0.5, 0.6) is 0 Å². The molecule has 1 heterocycles. The summed E-state index contributed by atoms with van der Waals surface area (Å²) in [5, 5.41) is 10.8. The van der Waals surface area contributed by atoms with Gasteiger partial charge in [-0.2, -0.15) is 0 Å². The molecule has 20 heavy (non-hydrogen) atoms. The van der Waals surface area contributed by atoms with Crippen molar-refractivity contribution in [2.75, 3.05) is 18.5 Å². The summed E-state index contributed by atoms with van der Waals surface area (Å²) < 4.78 is 0. The van der Waals surface area contributed by atoms with E-state index in [1.807, 2.05) is 0 Å². The lowest BCUT2D eigenvalue weighted by Gasteiger charge is -2.30. The highest BCUT2D eigenvalue weighted by atomic mass is 16.6. The van der Waals surface area contributed by atoms with E-state index >= 15 is 0 Å². The lowest BCUT2D eigenvalue weighted by Crippen LogP contribution is -2.38. The number of hydrogen-bond acceptors (Lipinski definition) is 5. The second-order valence-electron chi connectivity index (χ2n) is 5.11. The van der Waals surface area contributed by atoms with E-state index in [1.54, 1.807) is 4.90 Å². The fourth-order valence-corrected chi connectivity index (χ4v) is 2.33. The molecular weight excluding hydrogens is 260 g/mol. The molecule has 0 aliphatic carbocycles. The number of nitro benzene ring substituents is 1. The predicted octanol–water partition coefficient (Wildman–Crippen LogP) is 1.75. The smallest absolute Gasteiger partial charge is 0.270 e. The Balaban J connectivity index is 2.27. The second-order valence-corrected chi connectivity index (χ2v) is 5.11. The van der Waals surface area contributed by atoms with Gasteiger partial charge in [-0.25, -0.2) is 0 Å². The van der Waals surface area contributed by atoms with E-state index in [2.05, 4.69) is 12.3 Å². The third-order valence-electron chi connectivity index (χ3n) is 3.67. The number of piperidine rings is 1. The quantitative estimate of drug-likeness (QED) is 0.498. The first-order valence-corrected chi connectivity index (χ1v) is 6.57. The molecule has 2 rings (SSSR count). The Labute approximate surface area is 116 Å². The van der Waals surface area contributed by atoms with Crippen molar-refractivity contribution in [3.63, 3.8) is 0 Å². The van der Waals surface area contributed by atoms with Gasteiger partial charge < -0.3 is 10.3 Å². The van der Waals surface area contributed by atoms with Gasteiger partial charge in [0.05, 0.1) is 16.2 Å². The Hall–Kier alpha value is -2.15. The Morgan fingerprint density at radius 3 is 2.65 bits per heavy atom. The summed E-state index contributed by atoms with van der Waals surface area (Å²) in [5.74, 6) is 5.77. The molecule has 0 aromatic heterocycles. The van der Waals surface area contributed by atoms with Gasteiger partial charge in [0, 0.05) is 25.2 Å². The fourth-order valence-electron chi connectivity index (χ4n) is 2.33. The molecule has 1 saturated heterocycles. The van der Waals surface area contributed by atoms with Crippen molar-refractivity contribution < 1.29 is 9.72 Å². The third kappa shape index (κ3) is 2.88. The molecule has 0 saturated carbocycles. The van der Waals surface area contributed by atoms with E-state index in [9.17, 15) is 14.9 Å². The number of nitrogen functional groups attached to an aromatic ring is 1. The molecule has 0 spiro atoms. The van der Waals surface area contributed by atoms with Crippen LogP contribution >= 0.6 is 0 Å². The number of benzene rings is 1. The minimum absolute atomic E-state index is 0.113. The van der Waals surface area contributed by atoms with Crippen LogP contribution in [0.15, 0.2) is 18.2 Å². The zero-order valence-electron chi connectivity index (χ0n) is 11.3. The lowest BCUT2D eigenvalue weighted by atomic mass is 9.98. The molecule has 3 N–H and O–H groups in total. The van der Waals surface area contributed by atoms with E-state index in [4.69, 9.17) is 5.84 Å². The first-order valence-electron chi connectivity index (χ1n) is 6.57. The monoisotopic (exact) mass is 278 g/mol. The van der Waals surface area contributed by atoms with Gasteiger partial charge in [0.1, 0.15) is 0 Å². The Bertz CT molecular complexity index is 524. The van der Waals surface area contributed by atoms with Crippen LogP contribution in [-0.4, -0.2) is 28.8 Å². The van der Waals surface area contributed by atoms with Crippen molar-refractivity contribution in [1.29, 1.82) is 0 Å². The zero-order valence-corrected chi connectivity index (χ0v) is 11.3. The van der Waals surface area contributed by atoms with E-state index < -0.39 is 4.92 Å². The number of likely N-dealkylation sites (tertiary alicyclic amines) is 1. The van der Waals surface area contributed by atoms with Crippen molar-refractivity contribution >= 4 is 17.3 Å². The van der Waals surface area contributed by atoms with Crippen molar-refractivity contribution in [3.05, 3.63) is 33.9 Å². The Kier molecular flexibility index (Phi) is 4.19. The van der Waals surface area contributed by atoms with Gasteiger partial charge in [0.2, 0.25) is 0 Å². The number of hydrazine groups is 1. The topological polar surface area (TPSA) is 102 Å². The van der Waals surface area contributed by atoms with Crippen LogP contribution < -0.4 is 11.3 Å². The minimum Gasteiger partial charge on any atom is -0.339 e. The average molecular weight is 278 g/mol. The number of anilines is 1. The molecule has 7 nitrogen and oxygen atoms in total. The highest BCUT2D eigenvalue weighted by molar-refractivity contribution is 6.00. The zero-order chi connectivity index (χ0) is 14.7. The van der Waals surface area contributed by atoms with Crippen LogP contribution in [0.3, 0.4) is 0 Å². The van der Waals surface area contributed by atoms with Crippen molar-refractivity contribution in [1.82, 2.24) is 4.90 Å². The van der Waals surface area contributed by atoms with Gasteiger partial charge in [0.15, 0.2) is 0 Å². The van der Waals surface area contributed by atoms with E-state index in [1.165, 1.54) is 18.2 Å². The molecule has 1 amide bonds. The normalized spacial score (nSPS) is 16.0. The van der Waals surface area contributed by atoms with Crippen LogP contribution in [0.1, 0.15) is 30.1 Å². The van der Waals surface area contributed by atoms with Crippen molar-refractivity contribution in [2.24, 2.45) is 11.8 Å². The minimum atomic E-state index is -0.518. The summed E-state index contributed by atoms with van der Waals surface area (Å²) >= 11 is 0. The standard InChI is InChI=1S/C13H18N4O3/c1-9-4-6-16(7-5-9)13(18)11-8-10(17(19)20)2-3-12(11)15-14/h2-3,8-9,15H,4-7,14H2,1H3. The van der Waals surface area contributed by atoms with Gasteiger partial charge in [-0.1, -0.05) is 6.92 Å². The van der Waals surface area contributed by atoms with E-state index in [0.29, 0.717) is 24.7 Å². The predicted molar refractivity (Wildman–Crippen MR) is 75.2 cm³/mol. The maximum absolute atomic E-state index is 12.5. The fraction of sp³-hybridized carbons (Fsp3) is 0.462. The number of nitrogens with two attached hydrogens (primary N) is 1. The van der Waals surface area contributed by atoms with Crippen LogP contribution in [0.25, 0.3) is 0 Å². The van der Waals surface area contributed by atoms with E-state index in [0.717, 1.165) is 12.8 Å². The summed E-state index contributed by atoms with van der Waals surface area (Å²) in [7, 11) is 0. The lowest BCUT2D eigenvalue weighted by molar-refractivity contribution is -0.384. The molecule has 1 aliphatic heterocycles. The maximum Gasteiger partial charge on any atom is 0.270 e. The van der Waals surface area contributed by atoms with Crippen molar-refractivity contribution in [3.8, 4) is 0 Å². The number of carbonyl (C=O) groups is 1. The Morgan fingerprint density at radius 2 is 2.10 bits per heavy atom. The summed E-state index contributed by atoms with van der Waals surface area (Å²) in [6.07, 6.45) is 1.90. The first kappa shape index (κ1) is 14.3. The molecule has 0 unspecified atom stereocenters. The summed E-state index contributed by atoms with van der Waals surface area (Å²) in [6, 6.07) is 4.05. The first-order chi connectivity index (χ1) is 9.52. The largest absolute Gasteiger partial charge is 0.339 e. The number of nitro groups is 1. The molecule has 108 valence electrons. The number of carbonyl (C=O) groups excluding carboxylic acids is 1. The SMILES string of the molecule is CC1CCN(C(=O)c2cc([N+](=O)[O-])ccc2NN)CC1. The number of non-ortho nitro benzene ring substituents is 1. The summed E-state index contributed by atoms with van der Waals surface area (Å²) in [5.41, 5.74) is 2.96. The maximum atomic E-state index is 12.5. The number of nitrogens with one attached hydrogen (secondary N) is 1. The number of nitrogens with zero attached hydrogens (tertiary/aromatic N) is 2. The molecule has 1 fully saturated rings. The number of rotatable bonds is 3. The highest BCUT2D eigenvalue weighted by Gasteiger charge is 2.24. The van der Waals surface area contributed by atoms with E-state index in [-0.39, 0.29) is 17.2 Å². The Morgan fingerprint density at radius 1 is 1.45 bits per heavy atom. The van der Waals surface area contributed by atoms with Gasteiger partial charge >= 0.3 is 0 Å². The highest BCUT2D eigenvalue weighted by Crippen LogP contribution is 2.25. The molecule has 0 radical (unpaired) electrons. The van der Waals surface area contributed by atoms with Gasteiger partial charge in [-0.15, -0.1) is 0 Å². The van der Waals surface area contributed by atoms with Crippen LogP contribution in [0.4, 0.5) is 11.4 Å². The molecule has 0 atom stereocenters. The van der Waals surface area contributed by atoms with Crippen LogP contribution in [0.2, 0.25) is 0 Å². The molecule has 1 aliphatic rings. The van der Waals surface area contributed by atoms with Gasteiger partial charge in [0.25, 0.3) is 11.6 Å². The second kappa shape index (κ2) is 5.87. The third-order valence-corrected chi connectivity index (χ3v) is 3.67. The molecule has 1 aromatic carbocycles. The van der Waals surface area contributed by atoms with Crippen LogP contribution in [-0.2, 0) is 0 Å². The van der Waals surface area contributed by atoms with Crippen LogP contribution in [0, 0.1) is 16.0 Å². The number of hydrogen-bond donors (Lipinski definition) is 2. The van der Waals surface area contributed by atoms with Crippen molar-refractivity contribution in [2.45, 2.75) is 19.8 Å². The average Bonchev–Trinajstić information content (AvgIpc) is 2.46. The summed E-state index contributed by atoms with van der Waals surface area (Å²) in [4.78, 5) is 24.5. The summed E-state index contributed by atoms with van der Waals surface area (Å²) in [6.45, 7) is 3.50. The molecule has 7 heteroatoms. The van der Waals surface area contributed by atoms with Gasteiger partial charge in [-0.3, -0.25) is 20.8 Å². The molecule has 1 aromatic rings.